The van der Waals surface area contributed by atoms with Crippen LogP contribution in [0.4, 0.5) is 4.39 Å². The molecule has 0 atom stereocenters. The molecule has 1 aromatic rings. The normalized spacial score (nSPS) is 11.2. The Morgan fingerprint density at radius 2 is 2.22 bits per heavy atom. The Kier molecular flexibility index (Phi) is 5.85. The minimum atomic E-state index is -0.360. The fourth-order valence-corrected chi connectivity index (χ4v) is 1.67. The number of carbonyl (C=O) groups is 1. The molecule has 0 amide bonds. The van der Waals surface area contributed by atoms with Crippen LogP contribution >= 0.6 is 15.9 Å². The van der Waals surface area contributed by atoms with E-state index in [-0.39, 0.29) is 18.4 Å². The van der Waals surface area contributed by atoms with Gasteiger partial charge in [0.05, 0.1) is 11.6 Å². The molecule has 0 N–H and O–H groups in total. The first-order valence-corrected chi connectivity index (χ1v) is 6.23. The lowest BCUT2D eigenvalue weighted by Crippen LogP contribution is -2.06. The van der Waals surface area contributed by atoms with Crippen LogP contribution in [0.25, 0.3) is 0 Å². The van der Waals surface area contributed by atoms with Gasteiger partial charge >= 0.3 is 5.97 Å². The molecule has 98 valence electrons. The number of benzene rings is 1. The van der Waals surface area contributed by atoms with Crippen LogP contribution in [-0.4, -0.2) is 19.7 Å². The van der Waals surface area contributed by atoms with Crippen molar-refractivity contribution in [3.05, 3.63) is 40.1 Å². The van der Waals surface area contributed by atoms with Gasteiger partial charge in [0, 0.05) is 5.57 Å². The van der Waals surface area contributed by atoms with Gasteiger partial charge in [0.1, 0.15) is 18.2 Å². The Hall–Kier alpha value is -1.36. The third-order valence-electron chi connectivity index (χ3n) is 2.30. The van der Waals surface area contributed by atoms with Crippen LogP contribution < -0.4 is 4.74 Å². The molecule has 0 saturated heterocycles. The average molecular weight is 317 g/mol. The van der Waals surface area contributed by atoms with Crippen molar-refractivity contribution < 1.29 is 18.7 Å². The molecule has 5 heteroatoms. The van der Waals surface area contributed by atoms with Crippen molar-refractivity contribution in [2.75, 3.05) is 13.7 Å². The molecule has 3 nitrogen and oxygen atoms in total. The third-order valence-corrected chi connectivity index (χ3v) is 2.91. The summed E-state index contributed by atoms with van der Waals surface area (Å²) in [6.45, 7) is 2.09. The lowest BCUT2D eigenvalue weighted by atomic mass is 10.2. The summed E-state index contributed by atoms with van der Waals surface area (Å²) in [5, 5.41) is 0. The average Bonchev–Trinajstić information content (AvgIpc) is 2.38. The fraction of sp³-hybridized carbons (Fsp3) is 0.308. The topological polar surface area (TPSA) is 35.5 Å². The highest BCUT2D eigenvalue weighted by molar-refractivity contribution is 9.10. The van der Waals surface area contributed by atoms with Gasteiger partial charge in [-0.15, -0.1) is 0 Å². The molecule has 0 aliphatic rings. The molecule has 0 radical (unpaired) electrons. The summed E-state index contributed by atoms with van der Waals surface area (Å²) in [7, 11) is 1.34. The summed E-state index contributed by atoms with van der Waals surface area (Å²) in [6, 6.07) is 4.37. The van der Waals surface area contributed by atoms with Crippen LogP contribution in [-0.2, 0) is 9.53 Å². The zero-order valence-electron chi connectivity index (χ0n) is 10.2. The Labute approximate surface area is 114 Å². The molecule has 0 bridgehead atoms. The Balaban J connectivity index is 2.62. The van der Waals surface area contributed by atoms with Crippen LogP contribution in [0.3, 0.4) is 0 Å². The van der Waals surface area contributed by atoms with Crippen LogP contribution in [0.5, 0.6) is 5.75 Å². The Bertz CT molecular complexity index is 458. The largest absolute Gasteiger partial charge is 0.489 e. The van der Waals surface area contributed by atoms with E-state index in [1.165, 1.54) is 25.3 Å². The number of hydrogen-bond acceptors (Lipinski definition) is 3. The minimum absolute atomic E-state index is 0.232. The van der Waals surface area contributed by atoms with E-state index in [0.717, 1.165) is 0 Å². The highest BCUT2D eigenvalue weighted by atomic mass is 79.9. The zero-order valence-corrected chi connectivity index (χ0v) is 11.8. The quantitative estimate of drug-likeness (QED) is 0.616. The number of carbonyl (C=O) groups excluding carboxylic acids is 1. The van der Waals surface area contributed by atoms with E-state index in [1.54, 1.807) is 6.08 Å². The first kappa shape index (κ1) is 14.7. The third kappa shape index (κ3) is 4.14. The van der Waals surface area contributed by atoms with Crippen molar-refractivity contribution in [1.82, 2.24) is 0 Å². The van der Waals surface area contributed by atoms with Gasteiger partial charge in [-0.05, 0) is 46.6 Å². The first-order chi connectivity index (χ1) is 8.58. The molecule has 0 aromatic heterocycles. The molecular formula is C13H14BrFO3. The van der Waals surface area contributed by atoms with Gasteiger partial charge in [-0.3, -0.25) is 0 Å². The van der Waals surface area contributed by atoms with Gasteiger partial charge in [-0.2, -0.15) is 0 Å². The van der Waals surface area contributed by atoms with Crippen LogP contribution in [0.15, 0.2) is 34.3 Å². The molecule has 0 heterocycles. The number of esters is 1. The van der Waals surface area contributed by atoms with Crippen molar-refractivity contribution in [3.63, 3.8) is 0 Å². The molecule has 18 heavy (non-hydrogen) atoms. The summed E-state index contributed by atoms with van der Waals surface area (Å²) in [5.74, 6) is -0.178. The fourth-order valence-electron chi connectivity index (χ4n) is 1.31. The summed E-state index contributed by atoms with van der Waals surface area (Å²) in [5.41, 5.74) is 0.554. The lowest BCUT2D eigenvalue weighted by Gasteiger charge is -2.06. The molecule has 1 rings (SSSR count). The van der Waals surface area contributed by atoms with Crippen LogP contribution in [0.2, 0.25) is 0 Å². The van der Waals surface area contributed by atoms with Crippen molar-refractivity contribution >= 4 is 21.9 Å². The number of ether oxygens (including phenoxy) is 2. The minimum Gasteiger partial charge on any atom is -0.489 e. The maximum absolute atomic E-state index is 13.0. The van der Waals surface area contributed by atoms with Crippen molar-refractivity contribution in [1.29, 1.82) is 0 Å². The maximum Gasteiger partial charge on any atom is 0.333 e. The molecule has 0 aliphatic carbocycles. The second-order valence-corrected chi connectivity index (χ2v) is 4.32. The van der Waals surface area contributed by atoms with Crippen molar-refractivity contribution in [3.8, 4) is 5.75 Å². The van der Waals surface area contributed by atoms with Gasteiger partial charge in [0.25, 0.3) is 0 Å². The molecule has 0 unspecified atom stereocenters. The first-order valence-electron chi connectivity index (χ1n) is 5.43. The number of hydrogen-bond donors (Lipinski definition) is 0. The molecule has 0 saturated carbocycles. The molecule has 0 spiro atoms. The summed E-state index contributed by atoms with van der Waals surface area (Å²) >= 11 is 3.07. The summed E-state index contributed by atoms with van der Waals surface area (Å²) in [6.07, 6.45) is 2.23. The second-order valence-electron chi connectivity index (χ2n) is 3.46. The van der Waals surface area contributed by atoms with E-state index < -0.39 is 0 Å². The van der Waals surface area contributed by atoms with E-state index in [9.17, 15) is 9.18 Å². The van der Waals surface area contributed by atoms with Gasteiger partial charge in [-0.25, -0.2) is 9.18 Å². The van der Waals surface area contributed by atoms with Crippen molar-refractivity contribution in [2.24, 2.45) is 0 Å². The molecular weight excluding hydrogens is 303 g/mol. The number of methoxy groups -OCH3 is 1. The molecule has 0 fully saturated rings. The monoisotopic (exact) mass is 316 g/mol. The maximum atomic E-state index is 13.0. The summed E-state index contributed by atoms with van der Waals surface area (Å²) in [4.78, 5) is 11.3. The van der Waals surface area contributed by atoms with E-state index in [0.29, 0.717) is 22.2 Å². The Morgan fingerprint density at radius 3 is 2.78 bits per heavy atom. The Morgan fingerprint density at radius 1 is 1.50 bits per heavy atom. The van der Waals surface area contributed by atoms with Gasteiger partial charge in [0.15, 0.2) is 0 Å². The van der Waals surface area contributed by atoms with Crippen molar-refractivity contribution in [2.45, 2.75) is 13.3 Å². The van der Waals surface area contributed by atoms with E-state index in [2.05, 4.69) is 20.7 Å². The standard InChI is InChI=1S/C13H14BrFO3/c1-3-9(13(16)17-2)6-7-18-10-4-5-12(15)11(14)8-10/h4-6,8H,3,7H2,1-2H3/b9-6-. The zero-order chi connectivity index (χ0) is 13.5. The predicted molar refractivity (Wildman–Crippen MR) is 70.0 cm³/mol. The van der Waals surface area contributed by atoms with Gasteiger partial charge in [0.2, 0.25) is 0 Å². The van der Waals surface area contributed by atoms with E-state index >= 15 is 0 Å². The lowest BCUT2D eigenvalue weighted by molar-refractivity contribution is -0.136. The molecule has 1 aromatic carbocycles. The van der Waals surface area contributed by atoms with Gasteiger partial charge in [-0.1, -0.05) is 6.92 Å². The summed E-state index contributed by atoms with van der Waals surface area (Å²) < 4.78 is 23.3. The predicted octanol–water partition coefficient (Wildman–Crippen LogP) is 3.48. The highest BCUT2D eigenvalue weighted by Crippen LogP contribution is 2.21. The second kappa shape index (κ2) is 7.16. The van der Waals surface area contributed by atoms with E-state index in [4.69, 9.17) is 4.74 Å². The SMILES string of the molecule is CC/C(=C/COc1ccc(F)c(Br)c1)C(=O)OC. The number of rotatable bonds is 5. The van der Waals surface area contributed by atoms with E-state index in [1.807, 2.05) is 6.92 Å². The van der Waals surface area contributed by atoms with Crippen LogP contribution in [0.1, 0.15) is 13.3 Å². The highest BCUT2D eigenvalue weighted by Gasteiger charge is 2.06. The smallest absolute Gasteiger partial charge is 0.333 e. The number of halogens is 2. The molecule has 0 aliphatic heterocycles. The van der Waals surface area contributed by atoms with Crippen LogP contribution in [0, 0.1) is 5.82 Å². The van der Waals surface area contributed by atoms with Gasteiger partial charge < -0.3 is 9.47 Å².